The number of thiocarbonyl (C=S) groups is 1. The van der Waals surface area contributed by atoms with Crippen LogP contribution in [0.3, 0.4) is 0 Å². The number of thioether (sulfide) groups is 2. The minimum Gasteiger partial charge on any atom is -0.444 e. The number of nitrogens with zero attached hydrogens (tertiary/aromatic N) is 4. The molecular weight excluding hydrogens is 985 g/mol. The molecule has 4 N–H and O–H groups in total. The molecule has 0 spiro atoms. The summed E-state index contributed by atoms with van der Waals surface area (Å²) in [6, 6.07) is 20.8. The molecule has 372 valence electrons. The number of amides is 6. The molecule has 2 atom stereocenters. The number of carbonyl (C=O) groups excluding carboxylic acids is 6. The van der Waals surface area contributed by atoms with E-state index in [1.807, 2.05) is 0 Å². The van der Waals surface area contributed by atoms with Gasteiger partial charge in [-0.1, -0.05) is 84.6 Å². The third-order valence-electron chi connectivity index (χ3n) is 10.1. The van der Waals surface area contributed by atoms with Crippen LogP contribution in [0.25, 0.3) is 0 Å². The van der Waals surface area contributed by atoms with Crippen molar-refractivity contribution in [1.29, 1.82) is 0 Å². The summed E-state index contributed by atoms with van der Waals surface area (Å²) < 4.78 is 12.0. The summed E-state index contributed by atoms with van der Waals surface area (Å²) in [5.74, 6) is -2.90. The Morgan fingerprint density at radius 3 is 1.81 bits per heavy atom. The van der Waals surface area contributed by atoms with Crippen molar-refractivity contribution in [2.24, 2.45) is 0 Å². The topological polar surface area (TPSA) is 238 Å². The first kappa shape index (κ1) is 53.0. The summed E-state index contributed by atoms with van der Waals surface area (Å²) in [5, 5.41) is 10.2. The molecule has 2 aliphatic rings. The molecule has 2 aliphatic heterocycles. The van der Waals surface area contributed by atoms with E-state index in [1.165, 1.54) is 45.5 Å². The van der Waals surface area contributed by atoms with E-state index >= 15 is 0 Å². The summed E-state index contributed by atoms with van der Waals surface area (Å²) in [6.45, 7) is 4.95. The van der Waals surface area contributed by atoms with E-state index in [2.05, 4.69) is 33.9 Å². The average Bonchev–Trinajstić information content (AvgIpc) is 3.98. The lowest BCUT2D eigenvalue weighted by molar-refractivity contribution is -0.123. The maximum atomic E-state index is 14.1. The smallest absolute Gasteiger partial charge is 0.407 e. The van der Waals surface area contributed by atoms with Gasteiger partial charge >= 0.3 is 6.09 Å². The number of ether oxygens (including phenoxy) is 2. The van der Waals surface area contributed by atoms with Crippen molar-refractivity contribution < 1.29 is 47.9 Å². The van der Waals surface area contributed by atoms with Gasteiger partial charge in [-0.25, -0.2) is 4.79 Å². The maximum Gasteiger partial charge on any atom is 0.407 e. The van der Waals surface area contributed by atoms with Crippen LogP contribution in [-0.4, -0.2) is 133 Å². The van der Waals surface area contributed by atoms with Crippen molar-refractivity contribution >= 4 is 88.3 Å². The fourth-order valence-corrected chi connectivity index (χ4v) is 9.29. The molecule has 0 bridgehead atoms. The zero-order valence-electron chi connectivity index (χ0n) is 38.4. The third-order valence-corrected chi connectivity index (χ3v) is 13.2. The summed E-state index contributed by atoms with van der Waals surface area (Å²) >= 11 is 12.6. The number of carbonyl (C=O) groups is 6. The highest BCUT2D eigenvalue weighted by molar-refractivity contribution is 8.23. The second-order valence-electron chi connectivity index (χ2n) is 16.3. The van der Waals surface area contributed by atoms with Gasteiger partial charge in [0.1, 0.15) is 56.4 Å². The Hall–Kier alpha value is -6.34. The molecule has 24 heteroatoms. The highest BCUT2D eigenvalue weighted by Crippen LogP contribution is 2.28. The first-order valence-electron chi connectivity index (χ1n) is 21.9. The molecule has 2 fully saturated rings. The van der Waals surface area contributed by atoms with Crippen LogP contribution in [0.1, 0.15) is 73.6 Å². The Labute approximate surface area is 421 Å². The number of benzene rings is 2. The van der Waals surface area contributed by atoms with Crippen LogP contribution in [-0.2, 0) is 27.5 Å². The molecule has 0 saturated carbocycles. The largest absolute Gasteiger partial charge is 0.444 e. The van der Waals surface area contributed by atoms with E-state index in [4.69, 9.17) is 31.4 Å². The summed E-state index contributed by atoms with van der Waals surface area (Å²) in [7, 11) is 0. The Kier molecular flexibility index (Phi) is 18.9. The van der Waals surface area contributed by atoms with E-state index in [1.54, 1.807) is 81.4 Å². The quantitative estimate of drug-likeness (QED) is 0.0486. The molecule has 2 aromatic carbocycles. The van der Waals surface area contributed by atoms with Crippen molar-refractivity contribution in [3.63, 3.8) is 0 Å². The van der Waals surface area contributed by atoms with Crippen LogP contribution in [0.5, 0.6) is 0 Å². The van der Waals surface area contributed by atoms with Gasteiger partial charge in [0.15, 0.2) is 0 Å². The molecule has 2 aromatic heterocycles. The predicted octanol–water partition coefficient (Wildman–Crippen LogP) is 2.33. The molecule has 6 amide bonds. The first-order chi connectivity index (χ1) is 33.5. The van der Waals surface area contributed by atoms with Gasteiger partial charge in [-0.3, -0.25) is 38.5 Å². The molecule has 70 heavy (non-hydrogen) atoms. The molecular formula is C46H52N8O12S4. The van der Waals surface area contributed by atoms with E-state index < -0.39 is 80.8 Å². The molecule has 0 aliphatic carbocycles. The number of thiol groups is 1. The second kappa shape index (κ2) is 25.0. The number of rotatable bonds is 20. The number of hydrogen-bond donors (Lipinski definition) is 5. The van der Waals surface area contributed by atoms with Crippen molar-refractivity contribution in [1.82, 2.24) is 40.5 Å². The van der Waals surface area contributed by atoms with Gasteiger partial charge in [-0.15, -0.1) is 33.9 Å². The van der Waals surface area contributed by atoms with Crippen LogP contribution in [0.4, 0.5) is 4.79 Å². The van der Waals surface area contributed by atoms with E-state index in [-0.39, 0.29) is 50.9 Å². The minimum absolute atomic E-state index is 0.0369. The van der Waals surface area contributed by atoms with Crippen molar-refractivity contribution in [2.45, 2.75) is 50.3 Å². The van der Waals surface area contributed by atoms with E-state index in [0.717, 1.165) is 21.6 Å². The molecule has 0 radical (unpaired) electrons. The minimum atomic E-state index is -1.58. The second-order valence-corrected chi connectivity index (χ2v) is 20.1. The van der Waals surface area contributed by atoms with Gasteiger partial charge in [-0.05, 0) is 56.2 Å². The maximum absolute atomic E-state index is 14.1. The standard InChI is InChI=1S/C46H52N8O12S4/c1-46(2,3)66-43(62)48-19-23-63-22-18-47-38(57)33(50-37(56)32-15-17-35(42(61)52-21-25-70-45(52)68)54(40(32)59)65-28-30-12-8-5-9-13-30)26-49-36(55)31-14-16-34(41(60)51-20-24-69-44(51)67)53(39(31)58)64-27-29-10-6-4-7-11-29/h4-17,33,45,68H,18-28H2,1-3H3,(H,47,57)(H,48,62)(H,49,55)(H,50,56). The average molecular weight is 1040 g/mol. The van der Waals surface area contributed by atoms with Gasteiger partial charge in [-0.2, -0.15) is 0 Å². The molecule has 2 unspecified atom stereocenters. The fraction of sp³-hybridized carbons (Fsp3) is 0.370. The molecule has 4 aromatic rings. The monoisotopic (exact) mass is 1040 g/mol. The molecule has 2 saturated heterocycles. The highest BCUT2D eigenvalue weighted by Gasteiger charge is 2.33. The number of hydrogen-bond acceptors (Lipinski definition) is 16. The fourth-order valence-electron chi connectivity index (χ4n) is 6.65. The zero-order chi connectivity index (χ0) is 50.4. The Bertz CT molecular complexity index is 2680. The van der Waals surface area contributed by atoms with Gasteiger partial charge in [0.2, 0.25) is 5.91 Å². The number of aromatic nitrogens is 2. The van der Waals surface area contributed by atoms with Crippen molar-refractivity contribution in [3.05, 3.63) is 139 Å². The predicted molar refractivity (Wildman–Crippen MR) is 269 cm³/mol. The zero-order valence-corrected chi connectivity index (χ0v) is 41.7. The normalized spacial score (nSPS) is 14.9. The lowest BCUT2D eigenvalue weighted by Gasteiger charge is -2.23. The summed E-state index contributed by atoms with van der Waals surface area (Å²) in [6.07, 6.45) is -0.633. The number of pyridine rings is 2. The summed E-state index contributed by atoms with van der Waals surface area (Å²) in [5.41, 5.74) is -2.73. The van der Waals surface area contributed by atoms with Gasteiger partial charge < -0.3 is 45.3 Å². The van der Waals surface area contributed by atoms with Crippen molar-refractivity contribution in [2.75, 3.05) is 57.4 Å². The molecule has 20 nitrogen and oxygen atoms in total. The van der Waals surface area contributed by atoms with Gasteiger partial charge in [0, 0.05) is 44.2 Å². The summed E-state index contributed by atoms with van der Waals surface area (Å²) in [4.78, 5) is 124. The van der Waals surface area contributed by atoms with Crippen molar-refractivity contribution in [3.8, 4) is 0 Å². The van der Waals surface area contributed by atoms with Crippen LogP contribution < -0.4 is 42.1 Å². The SMILES string of the molecule is CC(C)(C)OC(=O)NCCOCCNC(=O)C(CNC(=O)c1ccc(C(=O)N2CCSC2=S)n(OCc2ccccc2)c1=O)NC(=O)c1ccc(C(=O)N2CCSC2S)n(OCc2ccccc2)c1=O. The van der Waals surface area contributed by atoms with Gasteiger partial charge in [0.25, 0.3) is 34.7 Å². The molecule has 6 rings (SSSR count). The third kappa shape index (κ3) is 14.4. The lowest BCUT2D eigenvalue weighted by atomic mass is 10.1. The van der Waals surface area contributed by atoms with Crippen LogP contribution in [0.15, 0.2) is 94.5 Å². The Balaban J connectivity index is 1.22. The number of nitrogens with one attached hydrogen (secondary N) is 4. The van der Waals surface area contributed by atoms with Gasteiger partial charge in [0.05, 0.1) is 13.2 Å². The number of alkyl carbamates (subject to hydrolysis) is 1. The van der Waals surface area contributed by atoms with Crippen LogP contribution >= 0.6 is 48.4 Å². The van der Waals surface area contributed by atoms with E-state index in [9.17, 15) is 38.4 Å². The first-order valence-corrected chi connectivity index (χ1v) is 24.9. The molecule has 4 heterocycles. The highest BCUT2D eigenvalue weighted by atomic mass is 32.2. The Morgan fingerprint density at radius 1 is 0.729 bits per heavy atom. The Morgan fingerprint density at radius 2 is 1.29 bits per heavy atom. The van der Waals surface area contributed by atoms with Crippen LogP contribution in [0, 0.1) is 0 Å². The van der Waals surface area contributed by atoms with Crippen LogP contribution in [0.2, 0.25) is 0 Å². The van der Waals surface area contributed by atoms with E-state index in [0.29, 0.717) is 40.0 Å². The lowest BCUT2D eigenvalue weighted by Crippen LogP contribution is -2.54.